The van der Waals surface area contributed by atoms with E-state index in [1.165, 1.54) is 5.56 Å². The van der Waals surface area contributed by atoms with E-state index < -0.39 is 0 Å². The molecule has 32 heavy (non-hydrogen) atoms. The predicted octanol–water partition coefficient (Wildman–Crippen LogP) is 4.81. The summed E-state index contributed by atoms with van der Waals surface area (Å²) in [5, 5.41) is 8.02. The van der Waals surface area contributed by atoms with E-state index >= 15 is 0 Å². The molecule has 0 radical (unpaired) electrons. The fourth-order valence-corrected chi connectivity index (χ4v) is 4.14. The van der Waals surface area contributed by atoms with Gasteiger partial charge in [-0.05, 0) is 62.9 Å². The molecule has 3 aromatic heterocycles. The summed E-state index contributed by atoms with van der Waals surface area (Å²) in [5.41, 5.74) is 4.48. The molecule has 5 rings (SSSR count). The first-order valence-electron chi connectivity index (χ1n) is 11.2. The number of carbonyl (C=O) groups is 1. The van der Waals surface area contributed by atoms with Crippen LogP contribution in [0.3, 0.4) is 0 Å². The summed E-state index contributed by atoms with van der Waals surface area (Å²) in [7, 11) is 1.97. The van der Waals surface area contributed by atoms with Crippen LogP contribution in [0.15, 0.2) is 41.1 Å². The number of oxazole rings is 1. The Bertz CT molecular complexity index is 1310. The van der Waals surface area contributed by atoms with Crippen molar-refractivity contribution in [3.8, 4) is 11.5 Å². The molecule has 1 aliphatic carbocycles. The zero-order valence-electron chi connectivity index (χ0n) is 18.6. The molecule has 7 heteroatoms. The van der Waals surface area contributed by atoms with Crippen LogP contribution >= 0.6 is 0 Å². The van der Waals surface area contributed by atoms with E-state index in [4.69, 9.17) is 9.40 Å². The number of nitrogens with one attached hydrogen (secondary N) is 2. The quantitative estimate of drug-likeness (QED) is 0.438. The number of likely N-dealkylation sites (N-methyl/N-ethyl adjacent to an activating group) is 1. The van der Waals surface area contributed by atoms with Gasteiger partial charge in [-0.25, -0.2) is 9.97 Å². The number of nitrogens with zero attached hydrogens (tertiary/aromatic N) is 3. The number of fused-ring (bicyclic) bond motifs is 2. The molecule has 0 saturated heterocycles. The fourth-order valence-electron chi connectivity index (χ4n) is 4.14. The highest BCUT2D eigenvalue weighted by Crippen LogP contribution is 2.34. The number of carbonyl (C=O) groups excluding carboxylic acids is 1. The number of amides is 1. The molecule has 1 saturated carbocycles. The molecule has 0 aliphatic heterocycles. The van der Waals surface area contributed by atoms with Crippen molar-refractivity contribution in [3.63, 3.8) is 0 Å². The van der Waals surface area contributed by atoms with E-state index in [1.54, 1.807) is 12.4 Å². The van der Waals surface area contributed by atoms with Gasteiger partial charge in [0.25, 0.3) is 0 Å². The summed E-state index contributed by atoms with van der Waals surface area (Å²) >= 11 is 0. The maximum Gasteiger partial charge on any atom is 0.229 e. The number of hydrogen-bond acceptors (Lipinski definition) is 6. The van der Waals surface area contributed by atoms with Crippen molar-refractivity contribution in [3.05, 3.63) is 47.9 Å². The number of benzene rings is 1. The second-order valence-electron chi connectivity index (χ2n) is 8.54. The van der Waals surface area contributed by atoms with Crippen molar-refractivity contribution in [1.82, 2.24) is 20.3 Å². The number of rotatable bonds is 7. The lowest BCUT2D eigenvalue weighted by atomic mass is 9.96. The van der Waals surface area contributed by atoms with Crippen molar-refractivity contribution in [2.75, 3.05) is 18.9 Å². The second-order valence-corrected chi connectivity index (χ2v) is 8.54. The van der Waals surface area contributed by atoms with Gasteiger partial charge in [0.1, 0.15) is 11.3 Å². The van der Waals surface area contributed by atoms with Crippen LogP contribution in [-0.2, 0) is 4.79 Å². The third-order valence-corrected chi connectivity index (χ3v) is 6.23. The number of pyridine rings is 2. The fraction of sp³-hybridized carbons (Fsp3) is 0.360. The van der Waals surface area contributed by atoms with Gasteiger partial charge in [0.15, 0.2) is 5.58 Å². The maximum absolute atomic E-state index is 12.2. The Hall–Kier alpha value is -3.32. The van der Waals surface area contributed by atoms with Gasteiger partial charge in [0, 0.05) is 41.3 Å². The summed E-state index contributed by atoms with van der Waals surface area (Å²) < 4.78 is 6.13. The van der Waals surface area contributed by atoms with E-state index in [9.17, 15) is 4.79 Å². The number of aromatic nitrogens is 3. The predicted molar refractivity (Wildman–Crippen MR) is 126 cm³/mol. The van der Waals surface area contributed by atoms with E-state index in [0.29, 0.717) is 17.6 Å². The molecule has 1 fully saturated rings. The van der Waals surface area contributed by atoms with Crippen LogP contribution in [0.2, 0.25) is 0 Å². The van der Waals surface area contributed by atoms with E-state index in [-0.39, 0.29) is 11.8 Å². The normalized spacial score (nSPS) is 14.7. The van der Waals surface area contributed by atoms with E-state index in [1.807, 2.05) is 26.1 Å². The Morgan fingerprint density at radius 2 is 2.03 bits per heavy atom. The summed E-state index contributed by atoms with van der Waals surface area (Å²) in [4.78, 5) is 26.0. The average Bonchev–Trinajstić information content (AvgIpc) is 3.57. The largest absolute Gasteiger partial charge is 0.436 e. The molecule has 1 atom stereocenters. The lowest BCUT2D eigenvalue weighted by molar-refractivity contribution is -0.117. The van der Waals surface area contributed by atoms with Crippen LogP contribution in [0, 0.1) is 12.8 Å². The summed E-state index contributed by atoms with van der Waals surface area (Å²) in [6, 6.07) is 8.11. The SMILES string of the molecule is CCC(CNC)c1ccc2oc(-c3cnc(C)c4cnc(NC(=O)C5CC5)cc34)nc2c1. The number of hydrogen-bond donors (Lipinski definition) is 2. The third-order valence-electron chi connectivity index (χ3n) is 6.23. The smallest absolute Gasteiger partial charge is 0.229 e. The van der Waals surface area contributed by atoms with Crippen LogP contribution in [0.25, 0.3) is 33.3 Å². The highest BCUT2D eigenvalue weighted by atomic mass is 16.3. The summed E-state index contributed by atoms with van der Waals surface area (Å²) in [5.74, 6) is 1.63. The molecule has 0 spiro atoms. The van der Waals surface area contributed by atoms with Crippen molar-refractivity contribution in [2.24, 2.45) is 5.92 Å². The Morgan fingerprint density at radius 3 is 2.78 bits per heavy atom. The van der Waals surface area contributed by atoms with E-state index in [0.717, 1.165) is 58.9 Å². The Labute approximate surface area is 186 Å². The first-order chi connectivity index (χ1) is 15.6. The van der Waals surface area contributed by atoms with Gasteiger partial charge in [-0.15, -0.1) is 0 Å². The molecule has 1 aliphatic rings. The van der Waals surface area contributed by atoms with Crippen LogP contribution in [-0.4, -0.2) is 34.5 Å². The molecule has 7 nitrogen and oxygen atoms in total. The molecule has 2 N–H and O–H groups in total. The van der Waals surface area contributed by atoms with Crippen LogP contribution < -0.4 is 10.6 Å². The number of aryl methyl sites for hydroxylation is 1. The first-order valence-corrected chi connectivity index (χ1v) is 11.2. The molecule has 164 valence electrons. The van der Waals surface area contributed by atoms with Crippen molar-refractivity contribution in [1.29, 1.82) is 0 Å². The molecular weight excluding hydrogens is 402 g/mol. The zero-order chi connectivity index (χ0) is 22.2. The van der Waals surface area contributed by atoms with Crippen molar-refractivity contribution in [2.45, 2.75) is 39.0 Å². The lowest BCUT2D eigenvalue weighted by Crippen LogP contribution is -2.16. The minimum absolute atomic E-state index is 0.0330. The highest BCUT2D eigenvalue weighted by Gasteiger charge is 2.30. The Balaban J connectivity index is 1.56. The average molecular weight is 430 g/mol. The van der Waals surface area contributed by atoms with Gasteiger partial charge in [-0.2, -0.15) is 0 Å². The molecular formula is C25H27N5O2. The standard InChI is InChI=1S/C25H27N5O2/c1-4-15(11-26-3)17-7-8-22-21(9-17)29-25(32-22)20-13-27-14(2)19-12-28-23(10-18(19)20)30-24(31)16-5-6-16/h7-10,12-13,15-16,26H,4-6,11H2,1-3H3,(H,28,30,31). The molecule has 1 amide bonds. The number of anilines is 1. The zero-order valence-corrected chi connectivity index (χ0v) is 18.6. The lowest BCUT2D eigenvalue weighted by Gasteiger charge is -2.14. The third kappa shape index (κ3) is 3.84. The Morgan fingerprint density at radius 1 is 1.19 bits per heavy atom. The van der Waals surface area contributed by atoms with Gasteiger partial charge >= 0.3 is 0 Å². The summed E-state index contributed by atoms with van der Waals surface area (Å²) in [6.07, 6.45) is 6.49. The maximum atomic E-state index is 12.2. The van der Waals surface area contributed by atoms with Crippen LogP contribution in [0.4, 0.5) is 5.82 Å². The minimum Gasteiger partial charge on any atom is -0.436 e. The topological polar surface area (TPSA) is 92.9 Å². The van der Waals surface area contributed by atoms with Gasteiger partial charge in [0.2, 0.25) is 11.8 Å². The molecule has 0 bridgehead atoms. The van der Waals surface area contributed by atoms with Crippen molar-refractivity contribution < 1.29 is 9.21 Å². The molecule has 3 heterocycles. The monoisotopic (exact) mass is 429 g/mol. The molecule has 1 unspecified atom stereocenters. The highest BCUT2D eigenvalue weighted by molar-refractivity contribution is 6.00. The van der Waals surface area contributed by atoms with Crippen LogP contribution in [0.5, 0.6) is 0 Å². The first kappa shape index (κ1) is 20.6. The molecule has 4 aromatic rings. The van der Waals surface area contributed by atoms with Gasteiger partial charge in [0.05, 0.1) is 5.56 Å². The second kappa shape index (κ2) is 8.31. The van der Waals surface area contributed by atoms with Gasteiger partial charge in [-0.3, -0.25) is 9.78 Å². The van der Waals surface area contributed by atoms with Crippen molar-refractivity contribution >= 4 is 33.6 Å². The van der Waals surface area contributed by atoms with Gasteiger partial charge in [-0.1, -0.05) is 13.0 Å². The van der Waals surface area contributed by atoms with E-state index in [2.05, 4.69) is 39.7 Å². The Kier molecular flexibility index (Phi) is 5.35. The minimum atomic E-state index is 0.0330. The van der Waals surface area contributed by atoms with Gasteiger partial charge < -0.3 is 15.1 Å². The molecule has 1 aromatic carbocycles. The van der Waals surface area contributed by atoms with Crippen LogP contribution in [0.1, 0.15) is 43.4 Å². The summed E-state index contributed by atoms with van der Waals surface area (Å²) in [6.45, 7) is 5.06.